The van der Waals surface area contributed by atoms with Gasteiger partial charge in [-0.2, -0.15) is 0 Å². The minimum atomic E-state index is 0.751. The summed E-state index contributed by atoms with van der Waals surface area (Å²) in [5.74, 6) is 3.93. The minimum absolute atomic E-state index is 0.751. The number of hydrogen-bond acceptors (Lipinski definition) is 2. The van der Waals surface area contributed by atoms with E-state index < -0.39 is 0 Å². The Balaban J connectivity index is 1.61. The Morgan fingerprint density at radius 3 is 2.53 bits per heavy atom. The van der Waals surface area contributed by atoms with Crippen molar-refractivity contribution >= 4 is 0 Å². The lowest BCUT2D eigenvalue weighted by molar-refractivity contribution is 0.0348. The molecule has 0 spiro atoms. The highest BCUT2D eigenvalue weighted by Crippen LogP contribution is 2.60. The molecule has 2 aliphatic carbocycles. The molecule has 0 aromatic heterocycles. The molecule has 2 saturated carbocycles. The largest absolute Gasteiger partial charge is 0.381 e. The molecule has 1 aliphatic heterocycles. The lowest BCUT2D eigenvalue weighted by Crippen LogP contribution is -2.41. The third-order valence-corrected chi connectivity index (χ3v) is 4.92. The first-order valence-corrected chi connectivity index (χ1v) is 6.67. The van der Waals surface area contributed by atoms with Crippen molar-refractivity contribution in [3.63, 3.8) is 0 Å². The van der Waals surface area contributed by atoms with E-state index in [4.69, 9.17) is 4.74 Å². The minimum Gasteiger partial charge on any atom is -0.381 e. The van der Waals surface area contributed by atoms with Gasteiger partial charge < -0.3 is 10.1 Å². The zero-order valence-electron chi connectivity index (χ0n) is 9.74. The summed E-state index contributed by atoms with van der Waals surface area (Å²) in [5, 5.41) is 3.58. The van der Waals surface area contributed by atoms with Crippen molar-refractivity contribution < 1.29 is 4.74 Å². The van der Waals surface area contributed by atoms with Gasteiger partial charge in [-0.1, -0.05) is 6.42 Å². The smallest absolute Gasteiger partial charge is 0.0509 e. The molecule has 3 rings (SSSR count). The first kappa shape index (κ1) is 10.1. The summed E-state index contributed by atoms with van der Waals surface area (Å²) in [4.78, 5) is 0. The summed E-state index contributed by atoms with van der Waals surface area (Å²) >= 11 is 0. The molecule has 1 saturated heterocycles. The molecule has 4 unspecified atom stereocenters. The van der Waals surface area contributed by atoms with Crippen molar-refractivity contribution in [1.29, 1.82) is 0 Å². The monoisotopic (exact) mass is 209 g/mol. The van der Waals surface area contributed by atoms with Gasteiger partial charge in [0.15, 0.2) is 0 Å². The van der Waals surface area contributed by atoms with Crippen LogP contribution in [0.25, 0.3) is 0 Å². The highest BCUT2D eigenvalue weighted by molar-refractivity contribution is 5.07. The van der Waals surface area contributed by atoms with Crippen LogP contribution in [-0.4, -0.2) is 26.3 Å². The van der Waals surface area contributed by atoms with E-state index >= 15 is 0 Å². The van der Waals surface area contributed by atoms with Crippen LogP contribution in [0.2, 0.25) is 0 Å². The Morgan fingerprint density at radius 1 is 1.13 bits per heavy atom. The molecule has 3 fully saturated rings. The predicted octanol–water partition coefficient (Wildman–Crippen LogP) is 2.05. The maximum Gasteiger partial charge on any atom is 0.0509 e. The van der Waals surface area contributed by atoms with Gasteiger partial charge in [-0.25, -0.2) is 0 Å². The van der Waals surface area contributed by atoms with E-state index in [1.54, 1.807) is 0 Å². The number of nitrogens with one attached hydrogen (secondary N) is 1. The summed E-state index contributed by atoms with van der Waals surface area (Å²) < 4.78 is 5.62. The van der Waals surface area contributed by atoms with Crippen LogP contribution in [0.15, 0.2) is 0 Å². The molecule has 0 radical (unpaired) electrons. The van der Waals surface area contributed by atoms with E-state index in [0.29, 0.717) is 0 Å². The molecule has 0 aromatic carbocycles. The van der Waals surface area contributed by atoms with Crippen molar-refractivity contribution in [1.82, 2.24) is 5.32 Å². The first-order chi connectivity index (χ1) is 7.42. The summed E-state index contributed by atoms with van der Waals surface area (Å²) in [6, 6.07) is 0.751. The Labute approximate surface area is 92.8 Å². The van der Waals surface area contributed by atoms with Crippen molar-refractivity contribution in [2.75, 3.05) is 20.3 Å². The predicted molar refractivity (Wildman–Crippen MR) is 60.7 cm³/mol. The molecule has 86 valence electrons. The van der Waals surface area contributed by atoms with E-state index in [2.05, 4.69) is 12.4 Å². The van der Waals surface area contributed by atoms with Crippen LogP contribution < -0.4 is 5.32 Å². The first-order valence-electron chi connectivity index (χ1n) is 6.67. The molecular formula is C13H23NO. The van der Waals surface area contributed by atoms with Crippen molar-refractivity contribution in [3.05, 3.63) is 0 Å². The van der Waals surface area contributed by atoms with Gasteiger partial charge in [0.2, 0.25) is 0 Å². The third kappa shape index (κ3) is 1.72. The summed E-state index contributed by atoms with van der Waals surface area (Å²) in [7, 11) is 2.15. The molecule has 0 amide bonds. The number of ether oxygens (including phenoxy) is 1. The highest BCUT2D eigenvalue weighted by atomic mass is 16.5. The van der Waals surface area contributed by atoms with Crippen LogP contribution in [0.1, 0.15) is 32.1 Å². The summed E-state index contributed by atoms with van der Waals surface area (Å²) in [5.41, 5.74) is 0. The highest BCUT2D eigenvalue weighted by Gasteiger charge is 2.56. The van der Waals surface area contributed by atoms with E-state index in [1.807, 2.05) is 0 Å². The van der Waals surface area contributed by atoms with Crippen LogP contribution in [-0.2, 0) is 4.74 Å². The molecule has 2 heteroatoms. The SMILES string of the molecule is CNC(C1CCCOC1)C1C2CCCC21. The average Bonchev–Trinajstić information content (AvgIpc) is 2.76. The topological polar surface area (TPSA) is 21.3 Å². The number of rotatable bonds is 3. The van der Waals surface area contributed by atoms with Gasteiger partial charge in [0.25, 0.3) is 0 Å². The number of fused-ring (bicyclic) bond motifs is 1. The van der Waals surface area contributed by atoms with Crippen molar-refractivity contribution in [2.45, 2.75) is 38.1 Å². The average molecular weight is 209 g/mol. The Hall–Kier alpha value is -0.0800. The molecule has 1 heterocycles. The zero-order chi connectivity index (χ0) is 10.3. The summed E-state index contributed by atoms with van der Waals surface area (Å²) in [6.45, 7) is 1.99. The Morgan fingerprint density at radius 2 is 1.93 bits per heavy atom. The quantitative estimate of drug-likeness (QED) is 0.768. The standard InChI is InChI=1S/C13H23NO/c1-14-13(9-4-3-7-15-8-9)12-10-5-2-6-11(10)12/h9-14H,2-8H2,1H3. The van der Waals surface area contributed by atoms with E-state index in [0.717, 1.165) is 42.9 Å². The molecule has 15 heavy (non-hydrogen) atoms. The second-order valence-corrected chi connectivity index (χ2v) is 5.63. The second-order valence-electron chi connectivity index (χ2n) is 5.63. The fraction of sp³-hybridized carbons (Fsp3) is 1.00. The molecule has 4 atom stereocenters. The van der Waals surface area contributed by atoms with E-state index in [9.17, 15) is 0 Å². The van der Waals surface area contributed by atoms with Crippen LogP contribution in [0, 0.1) is 23.7 Å². The Bertz CT molecular complexity index is 213. The molecule has 2 nitrogen and oxygen atoms in total. The van der Waals surface area contributed by atoms with Crippen molar-refractivity contribution in [3.8, 4) is 0 Å². The van der Waals surface area contributed by atoms with Gasteiger partial charge in [0, 0.05) is 12.6 Å². The third-order valence-electron chi connectivity index (χ3n) is 4.92. The van der Waals surface area contributed by atoms with Crippen molar-refractivity contribution in [2.24, 2.45) is 23.7 Å². The van der Waals surface area contributed by atoms with Crippen LogP contribution in [0.4, 0.5) is 0 Å². The van der Waals surface area contributed by atoms with Gasteiger partial charge in [0.1, 0.15) is 0 Å². The van der Waals surface area contributed by atoms with Crippen LogP contribution in [0.5, 0.6) is 0 Å². The Kier molecular flexibility index (Phi) is 2.73. The zero-order valence-corrected chi connectivity index (χ0v) is 9.74. The maximum atomic E-state index is 5.62. The molecule has 1 N–H and O–H groups in total. The van der Waals surface area contributed by atoms with E-state index in [1.165, 1.54) is 32.1 Å². The number of hydrogen-bond donors (Lipinski definition) is 1. The van der Waals surface area contributed by atoms with Gasteiger partial charge in [-0.05, 0) is 56.4 Å². The molecule has 3 aliphatic rings. The van der Waals surface area contributed by atoms with E-state index in [-0.39, 0.29) is 0 Å². The lowest BCUT2D eigenvalue weighted by Gasteiger charge is -2.31. The fourth-order valence-corrected chi connectivity index (χ4v) is 4.20. The van der Waals surface area contributed by atoms with Crippen LogP contribution >= 0.6 is 0 Å². The normalized spacial score (nSPS) is 46.2. The molecule has 0 bridgehead atoms. The second kappa shape index (κ2) is 4.06. The van der Waals surface area contributed by atoms with Crippen LogP contribution in [0.3, 0.4) is 0 Å². The van der Waals surface area contributed by atoms with Gasteiger partial charge in [0.05, 0.1) is 6.61 Å². The van der Waals surface area contributed by atoms with Gasteiger partial charge >= 0.3 is 0 Å². The maximum absolute atomic E-state index is 5.62. The lowest BCUT2D eigenvalue weighted by atomic mass is 9.88. The summed E-state index contributed by atoms with van der Waals surface area (Å²) in [6.07, 6.45) is 7.14. The molecule has 0 aromatic rings. The molecular weight excluding hydrogens is 186 g/mol. The van der Waals surface area contributed by atoms with Gasteiger partial charge in [-0.3, -0.25) is 0 Å². The van der Waals surface area contributed by atoms with Gasteiger partial charge in [-0.15, -0.1) is 0 Å². The fourth-order valence-electron chi connectivity index (χ4n) is 4.20.